The number of allylic oxidation sites excluding steroid dienone is 1. The molecule has 98 valence electrons. The number of amides is 1. The van der Waals surface area contributed by atoms with Crippen molar-refractivity contribution in [2.75, 3.05) is 7.11 Å². The van der Waals surface area contributed by atoms with Gasteiger partial charge in [-0.25, -0.2) is 0 Å². The van der Waals surface area contributed by atoms with E-state index in [-0.39, 0.29) is 6.29 Å². The van der Waals surface area contributed by atoms with Crippen LogP contribution < -0.4 is 10.5 Å². The monoisotopic (exact) mass is 249 g/mol. The number of hydrogen-bond donors (Lipinski definition) is 1. The van der Waals surface area contributed by atoms with Gasteiger partial charge in [0.2, 0.25) is 0 Å². The lowest BCUT2D eigenvalue weighted by Gasteiger charge is -2.18. The van der Waals surface area contributed by atoms with Gasteiger partial charge in [0, 0.05) is 13.5 Å². The number of carbonyl (C=O) groups excluding carboxylic acids is 1. The third-order valence-corrected chi connectivity index (χ3v) is 2.52. The molecule has 4 heteroatoms. The van der Waals surface area contributed by atoms with Gasteiger partial charge in [0.15, 0.2) is 6.29 Å². The van der Waals surface area contributed by atoms with Crippen LogP contribution in [0.4, 0.5) is 0 Å². The van der Waals surface area contributed by atoms with Crippen LogP contribution >= 0.6 is 0 Å². The lowest BCUT2D eigenvalue weighted by Crippen LogP contribution is -2.21. The van der Waals surface area contributed by atoms with Crippen molar-refractivity contribution >= 4 is 5.91 Å². The van der Waals surface area contributed by atoms with Gasteiger partial charge in [0.25, 0.3) is 5.91 Å². The molecule has 0 saturated heterocycles. The molecule has 0 aliphatic heterocycles. The molecule has 0 aliphatic rings. The van der Waals surface area contributed by atoms with Crippen LogP contribution in [0.5, 0.6) is 5.75 Å². The summed E-state index contributed by atoms with van der Waals surface area (Å²) in [5.41, 5.74) is 5.64. The second-order valence-electron chi connectivity index (χ2n) is 3.86. The summed E-state index contributed by atoms with van der Waals surface area (Å²) in [6.45, 7) is 3.66. The number of para-hydroxylation sites is 1. The SMILES string of the molecule is C=CCCCC(OC)Oc1ccccc1C(N)=O. The van der Waals surface area contributed by atoms with Crippen molar-refractivity contribution in [2.24, 2.45) is 5.73 Å². The number of carbonyl (C=O) groups is 1. The first-order chi connectivity index (χ1) is 8.69. The van der Waals surface area contributed by atoms with Gasteiger partial charge in [-0.3, -0.25) is 4.79 Å². The van der Waals surface area contributed by atoms with Gasteiger partial charge in [-0.05, 0) is 25.0 Å². The van der Waals surface area contributed by atoms with Crippen LogP contribution in [0.1, 0.15) is 29.6 Å². The Morgan fingerprint density at radius 1 is 1.50 bits per heavy atom. The van der Waals surface area contributed by atoms with Crippen molar-refractivity contribution in [3.8, 4) is 5.75 Å². The highest BCUT2D eigenvalue weighted by Gasteiger charge is 2.13. The van der Waals surface area contributed by atoms with Gasteiger partial charge in [-0.1, -0.05) is 18.2 Å². The molecule has 0 radical (unpaired) electrons. The molecular formula is C14H19NO3. The van der Waals surface area contributed by atoms with Gasteiger partial charge in [-0.2, -0.15) is 0 Å². The third-order valence-electron chi connectivity index (χ3n) is 2.52. The average Bonchev–Trinajstić information content (AvgIpc) is 2.38. The number of methoxy groups -OCH3 is 1. The van der Waals surface area contributed by atoms with E-state index >= 15 is 0 Å². The fourth-order valence-corrected chi connectivity index (χ4v) is 1.57. The lowest BCUT2D eigenvalue weighted by atomic mass is 10.2. The normalized spacial score (nSPS) is 11.8. The minimum Gasteiger partial charge on any atom is -0.464 e. The summed E-state index contributed by atoms with van der Waals surface area (Å²) in [7, 11) is 1.57. The first-order valence-corrected chi connectivity index (χ1v) is 5.88. The van der Waals surface area contributed by atoms with Crippen molar-refractivity contribution in [1.82, 2.24) is 0 Å². The summed E-state index contributed by atoms with van der Waals surface area (Å²) >= 11 is 0. The molecule has 0 aromatic heterocycles. The van der Waals surface area contributed by atoms with Crippen LogP contribution in [0.3, 0.4) is 0 Å². The second kappa shape index (κ2) is 7.50. The molecule has 0 aliphatic carbocycles. The summed E-state index contributed by atoms with van der Waals surface area (Å²) < 4.78 is 10.9. The summed E-state index contributed by atoms with van der Waals surface area (Å²) in [6.07, 6.45) is 4.02. The number of rotatable bonds is 8. The Hall–Kier alpha value is -1.81. The number of nitrogens with two attached hydrogens (primary N) is 1. The number of primary amides is 1. The lowest BCUT2D eigenvalue weighted by molar-refractivity contribution is -0.0592. The zero-order chi connectivity index (χ0) is 13.4. The number of benzene rings is 1. The average molecular weight is 249 g/mol. The minimum absolute atomic E-state index is 0.364. The largest absolute Gasteiger partial charge is 0.464 e. The van der Waals surface area contributed by atoms with E-state index in [0.29, 0.717) is 11.3 Å². The molecule has 1 amide bonds. The Labute approximate surface area is 107 Å². The van der Waals surface area contributed by atoms with E-state index in [1.807, 2.05) is 6.08 Å². The van der Waals surface area contributed by atoms with Crippen LogP contribution in [0.15, 0.2) is 36.9 Å². The van der Waals surface area contributed by atoms with Gasteiger partial charge in [-0.15, -0.1) is 6.58 Å². The summed E-state index contributed by atoms with van der Waals surface area (Å²) in [6, 6.07) is 6.87. The molecule has 0 saturated carbocycles. The van der Waals surface area contributed by atoms with Crippen LogP contribution in [-0.2, 0) is 4.74 Å². The van der Waals surface area contributed by atoms with Gasteiger partial charge >= 0.3 is 0 Å². The van der Waals surface area contributed by atoms with Crippen LogP contribution in [-0.4, -0.2) is 19.3 Å². The predicted molar refractivity (Wildman–Crippen MR) is 70.4 cm³/mol. The van der Waals surface area contributed by atoms with Crippen LogP contribution in [0, 0.1) is 0 Å². The molecular weight excluding hydrogens is 230 g/mol. The zero-order valence-corrected chi connectivity index (χ0v) is 10.6. The van der Waals surface area contributed by atoms with E-state index in [1.54, 1.807) is 31.4 Å². The molecule has 0 bridgehead atoms. The van der Waals surface area contributed by atoms with E-state index in [4.69, 9.17) is 15.2 Å². The first kappa shape index (κ1) is 14.3. The predicted octanol–water partition coefficient (Wildman–Crippen LogP) is 2.49. The molecule has 1 aromatic rings. The van der Waals surface area contributed by atoms with Gasteiger partial charge < -0.3 is 15.2 Å². The first-order valence-electron chi connectivity index (χ1n) is 5.88. The van der Waals surface area contributed by atoms with Gasteiger partial charge in [0.05, 0.1) is 5.56 Å². The Morgan fingerprint density at radius 2 is 2.22 bits per heavy atom. The standard InChI is InChI=1S/C14H19NO3/c1-3-4-5-10-13(17-2)18-12-9-7-6-8-11(12)14(15)16/h3,6-9,13H,1,4-5,10H2,2H3,(H2,15,16). The van der Waals surface area contributed by atoms with E-state index < -0.39 is 5.91 Å². The van der Waals surface area contributed by atoms with E-state index in [1.165, 1.54) is 0 Å². The maximum absolute atomic E-state index is 11.2. The smallest absolute Gasteiger partial charge is 0.252 e. The molecule has 1 atom stereocenters. The molecule has 18 heavy (non-hydrogen) atoms. The van der Waals surface area contributed by atoms with Crippen LogP contribution in [0.25, 0.3) is 0 Å². The molecule has 1 aromatic carbocycles. The van der Waals surface area contributed by atoms with E-state index in [0.717, 1.165) is 19.3 Å². The number of unbranched alkanes of at least 4 members (excludes halogenated alkanes) is 1. The zero-order valence-electron chi connectivity index (χ0n) is 10.6. The molecule has 0 fully saturated rings. The maximum atomic E-state index is 11.2. The van der Waals surface area contributed by atoms with Crippen molar-refractivity contribution < 1.29 is 14.3 Å². The summed E-state index contributed by atoms with van der Waals surface area (Å²) in [4.78, 5) is 11.2. The fourth-order valence-electron chi connectivity index (χ4n) is 1.57. The quantitative estimate of drug-likeness (QED) is 0.437. The highest BCUT2D eigenvalue weighted by atomic mass is 16.7. The van der Waals surface area contributed by atoms with Crippen molar-refractivity contribution in [3.05, 3.63) is 42.5 Å². The van der Waals surface area contributed by atoms with Crippen molar-refractivity contribution in [3.63, 3.8) is 0 Å². The van der Waals surface area contributed by atoms with Crippen molar-refractivity contribution in [1.29, 1.82) is 0 Å². The molecule has 2 N–H and O–H groups in total. The molecule has 4 nitrogen and oxygen atoms in total. The topological polar surface area (TPSA) is 61.6 Å². The molecule has 1 rings (SSSR count). The molecule has 1 unspecified atom stereocenters. The molecule has 0 heterocycles. The Balaban J connectivity index is 2.69. The summed E-state index contributed by atoms with van der Waals surface area (Å²) in [5, 5.41) is 0. The third kappa shape index (κ3) is 4.22. The van der Waals surface area contributed by atoms with Gasteiger partial charge in [0.1, 0.15) is 5.75 Å². The summed E-state index contributed by atoms with van der Waals surface area (Å²) in [5.74, 6) is -0.0537. The minimum atomic E-state index is -0.508. The van der Waals surface area contributed by atoms with Crippen LogP contribution in [0.2, 0.25) is 0 Å². The van der Waals surface area contributed by atoms with Crippen molar-refractivity contribution in [2.45, 2.75) is 25.6 Å². The maximum Gasteiger partial charge on any atom is 0.252 e. The highest BCUT2D eigenvalue weighted by Crippen LogP contribution is 2.20. The number of ether oxygens (including phenoxy) is 2. The number of hydrogen-bond acceptors (Lipinski definition) is 3. The fraction of sp³-hybridized carbons (Fsp3) is 0.357. The Bertz CT molecular complexity index is 404. The molecule has 0 spiro atoms. The highest BCUT2D eigenvalue weighted by molar-refractivity contribution is 5.95. The second-order valence-corrected chi connectivity index (χ2v) is 3.86. The Kier molecular flexibility index (Phi) is 5.94. The van der Waals surface area contributed by atoms with E-state index in [2.05, 4.69) is 6.58 Å². The Morgan fingerprint density at radius 3 is 2.83 bits per heavy atom. The van der Waals surface area contributed by atoms with E-state index in [9.17, 15) is 4.79 Å².